The molecular weight excluding hydrogens is 167 g/mol. The van der Waals surface area contributed by atoms with Crippen molar-refractivity contribution in [3.63, 3.8) is 0 Å². The van der Waals surface area contributed by atoms with Gasteiger partial charge in [-0.15, -0.1) is 0 Å². The average molecular weight is 184 g/mol. The molecule has 1 aromatic heterocycles. The highest BCUT2D eigenvalue weighted by atomic mass is 19.1. The smallest absolute Gasteiger partial charge is 0.230 e. The third-order valence-corrected chi connectivity index (χ3v) is 1.93. The van der Waals surface area contributed by atoms with E-state index in [4.69, 9.17) is 0 Å². The molecule has 0 saturated heterocycles. The van der Waals surface area contributed by atoms with Gasteiger partial charge < -0.3 is 4.57 Å². The van der Waals surface area contributed by atoms with Crippen LogP contribution >= 0.6 is 0 Å². The minimum atomic E-state index is -0.390. The van der Waals surface area contributed by atoms with Gasteiger partial charge >= 0.3 is 0 Å². The van der Waals surface area contributed by atoms with E-state index in [-0.39, 0.29) is 11.5 Å². The molecule has 0 saturated carbocycles. The second-order valence-corrected chi connectivity index (χ2v) is 4.64. The molecule has 1 aromatic rings. The van der Waals surface area contributed by atoms with Crippen LogP contribution < -0.4 is 0 Å². The zero-order valence-electron chi connectivity index (χ0n) is 8.93. The molecule has 0 aromatic carbocycles. The monoisotopic (exact) mass is 184 g/mol. The van der Waals surface area contributed by atoms with E-state index in [0.717, 1.165) is 5.82 Å². The molecule has 0 N–H and O–H groups in total. The molecular formula is C10H17FN2. The van der Waals surface area contributed by atoms with Crippen LogP contribution in [-0.4, -0.2) is 9.55 Å². The predicted octanol–water partition coefficient (Wildman–Crippen LogP) is 2.90. The Bertz CT molecular complexity index is 294. The van der Waals surface area contributed by atoms with Crippen molar-refractivity contribution in [2.75, 3.05) is 0 Å². The van der Waals surface area contributed by atoms with Gasteiger partial charge in [-0.25, -0.2) is 4.98 Å². The second kappa shape index (κ2) is 3.13. The average Bonchev–Trinajstić information content (AvgIpc) is 2.29. The van der Waals surface area contributed by atoms with Crippen molar-refractivity contribution in [1.29, 1.82) is 0 Å². The van der Waals surface area contributed by atoms with Crippen LogP contribution in [-0.2, 0) is 5.41 Å². The first-order valence-electron chi connectivity index (χ1n) is 4.57. The van der Waals surface area contributed by atoms with Gasteiger partial charge in [0.2, 0.25) is 5.95 Å². The minimum absolute atomic E-state index is 0.103. The summed E-state index contributed by atoms with van der Waals surface area (Å²) in [4.78, 5) is 3.90. The van der Waals surface area contributed by atoms with Crippen LogP contribution in [0, 0.1) is 5.95 Å². The van der Waals surface area contributed by atoms with Crippen molar-refractivity contribution in [1.82, 2.24) is 9.55 Å². The summed E-state index contributed by atoms with van der Waals surface area (Å²) in [5.74, 6) is 0.415. The molecule has 3 heteroatoms. The molecule has 0 unspecified atom stereocenters. The van der Waals surface area contributed by atoms with Gasteiger partial charge in [-0.3, -0.25) is 0 Å². The molecule has 0 bridgehead atoms. The van der Waals surface area contributed by atoms with Gasteiger partial charge in [-0.1, -0.05) is 20.8 Å². The molecule has 2 nitrogen and oxygen atoms in total. The quantitative estimate of drug-likeness (QED) is 0.656. The first-order chi connectivity index (χ1) is 5.82. The summed E-state index contributed by atoms with van der Waals surface area (Å²) in [6.07, 6.45) is 1.46. The third-order valence-electron chi connectivity index (χ3n) is 1.93. The Kier molecular flexibility index (Phi) is 2.46. The van der Waals surface area contributed by atoms with Crippen LogP contribution in [0.5, 0.6) is 0 Å². The molecule has 1 heterocycles. The van der Waals surface area contributed by atoms with Crippen molar-refractivity contribution in [3.8, 4) is 0 Å². The Balaban J connectivity index is 3.20. The normalized spacial score (nSPS) is 12.5. The highest BCUT2D eigenvalue weighted by Gasteiger charge is 2.22. The summed E-state index contributed by atoms with van der Waals surface area (Å²) >= 11 is 0. The molecule has 0 aliphatic heterocycles. The molecule has 1 rings (SSSR count). The number of imidazole rings is 1. The lowest BCUT2D eigenvalue weighted by molar-refractivity contribution is 0.468. The Morgan fingerprint density at radius 3 is 2.23 bits per heavy atom. The van der Waals surface area contributed by atoms with Crippen molar-refractivity contribution < 1.29 is 4.39 Å². The summed E-state index contributed by atoms with van der Waals surface area (Å²) in [6, 6.07) is 0.256. The summed E-state index contributed by atoms with van der Waals surface area (Å²) in [6.45, 7) is 10.2. The van der Waals surface area contributed by atoms with E-state index in [2.05, 4.69) is 4.98 Å². The summed E-state index contributed by atoms with van der Waals surface area (Å²) in [5.41, 5.74) is -0.103. The maximum atomic E-state index is 12.9. The van der Waals surface area contributed by atoms with Gasteiger partial charge in [0.1, 0.15) is 5.82 Å². The molecule has 13 heavy (non-hydrogen) atoms. The maximum absolute atomic E-state index is 12.9. The Morgan fingerprint density at radius 1 is 1.38 bits per heavy atom. The molecule has 0 radical (unpaired) electrons. The van der Waals surface area contributed by atoms with E-state index in [9.17, 15) is 4.39 Å². The van der Waals surface area contributed by atoms with Gasteiger partial charge in [-0.2, -0.15) is 4.39 Å². The van der Waals surface area contributed by atoms with E-state index >= 15 is 0 Å². The van der Waals surface area contributed by atoms with E-state index in [1.165, 1.54) is 6.20 Å². The number of halogens is 1. The number of hydrogen-bond acceptors (Lipinski definition) is 1. The van der Waals surface area contributed by atoms with Gasteiger partial charge in [0.05, 0.1) is 6.20 Å². The highest BCUT2D eigenvalue weighted by molar-refractivity contribution is 5.06. The van der Waals surface area contributed by atoms with Crippen LogP contribution in [0.3, 0.4) is 0 Å². The number of rotatable bonds is 1. The Labute approximate surface area is 78.8 Å². The van der Waals surface area contributed by atoms with E-state index < -0.39 is 5.95 Å². The second-order valence-electron chi connectivity index (χ2n) is 4.64. The molecule has 0 spiro atoms. The van der Waals surface area contributed by atoms with Crippen molar-refractivity contribution in [2.45, 2.75) is 46.1 Å². The van der Waals surface area contributed by atoms with Gasteiger partial charge in [-0.05, 0) is 13.8 Å². The number of aromatic nitrogens is 2. The van der Waals surface area contributed by atoms with Crippen LogP contribution in [0.1, 0.15) is 46.5 Å². The zero-order chi connectivity index (χ0) is 10.2. The van der Waals surface area contributed by atoms with Crippen LogP contribution in [0.2, 0.25) is 0 Å². The predicted molar refractivity (Wildman–Crippen MR) is 51.3 cm³/mol. The number of nitrogens with zero attached hydrogens (tertiary/aromatic N) is 2. The van der Waals surface area contributed by atoms with Gasteiger partial charge in [0.25, 0.3) is 0 Å². The first kappa shape index (κ1) is 10.2. The van der Waals surface area contributed by atoms with E-state index in [0.29, 0.717) is 0 Å². The lowest BCUT2D eigenvalue weighted by Crippen LogP contribution is -2.19. The molecule has 74 valence electrons. The lowest BCUT2D eigenvalue weighted by atomic mass is 9.95. The fourth-order valence-electron chi connectivity index (χ4n) is 1.31. The molecule has 0 amide bonds. The van der Waals surface area contributed by atoms with E-state index in [1.807, 2.05) is 39.2 Å². The fraction of sp³-hybridized carbons (Fsp3) is 0.700. The van der Waals surface area contributed by atoms with Gasteiger partial charge in [0, 0.05) is 11.5 Å². The Morgan fingerprint density at radius 2 is 1.92 bits per heavy atom. The van der Waals surface area contributed by atoms with Crippen molar-refractivity contribution >= 4 is 0 Å². The Hall–Kier alpha value is -0.860. The van der Waals surface area contributed by atoms with Crippen LogP contribution in [0.15, 0.2) is 6.20 Å². The fourth-order valence-corrected chi connectivity index (χ4v) is 1.31. The number of hydrogen-bond donors (Lipinski definition) is 0. The lowest BCUT2D eigenvalue weighted by Gasteiger charge is -2.21. The molecule has 0 fully saturated rings. The molecule has 0 aliphatic carbocycles. The molecule has 0 aliphatic rings. The SMILES string of the molecule is CC(C)n1cc(F)nc1C(C)(C)C. The van der Waals surface area contributed by atoms with Gasteiger partial charge in [0.15, 0.2) is 0 Å². The minimum Gasteiger partial charge on any atom is -0.329 e. The molecule has 0 atom stereocenters. The summed E-state index contributed by atoms with van der Waals surface area (Å²) in [7, 11) is 0. The highest BCUT2D eigenvalue weighted by Crippen LogP contribution is 2.23. The zero-order valence-corrected chi connectivity index (χ0v) is 8.93. The van der Waals surface area contributed by atoms with Crippen LogP contribution in [0.25, 0.3) is 0 Å². The standard InChI is InChI=1S/C10H17FN2/c1-7(2)13-6-8(11)12-9(13)10(3,4)5/h6-7H,1-5H3. The van der Waals surface area contributed by atoms with Crippen molar-refractivity contribution in [2.24, 2.45) is 0 Å². The first-order valence-corrected chi connectivity index (χ1v) is 4.57. The maximum Gasteiger partial charge on any atom is 0.230 e. The largest absolute Gasteiger partial charge is 0.329 e. The van der Waals surface area contributed by atoms with Crippen molar-refractivity contribution in [3.05, 3.63) is 18.0 Å². The third kappa shape index (κ3) is 2.08. The topological polar surface area (TPSA) is 17.8 Å². The summed E-state index contributed by atoms with van der Waals surface area (Å²) in [5, 5.41) is 0. The summed E-state index contributed by atoms with van der Waals surface area (Å²) < 4.78 is 14.8. The van der Waals surface area contributed by atoms with Crippen LogP contribution in [0.4, 0.5) is 4.39 Å². The van der Waals surface area contributed by atoms with E-state index in [1.54, 1.807) is 0 Å².